The highest BCUT2D eigenvalue weighted by atomic mass is 16.6. The molecule has 0 aliphatic carbocycles. The van der Waals surface area contributed by atoms with Crippen molar-refractivity contribution in [3.63, 3.8) is 0 Å². The van der Waals surface area contributed by atoms with E-state index >= 15 is 0 Å². The van der Waals surface area contributed by atoms with Crippen LogP contribution in [-0.4, -0.2) is 53.5 Å². The van der Waals surface area contributed by atoms with Gasteiger partial charge < -0.3 is 19.3 Å². The molecule has 1 amide bonds. The van der Waals surface area contributed by atoms with Crippen LogP contribution in [0.25, 0.3) is 0 Å². The number of hydrogen-bond donors (Lipinski definition) is 1. The molecule has 7 nitrogen and oxygen atoms in total. The van der Waals surface area contributed by atoms with Crippen LogP contribution in [-0.2, 0) is 32.2 Å². The molecule has 1 N–H and O–H groups in total. The fourth-order valence-corrected chi connectivity index (χ4v) is 3.24. The first-order valence-electron chi connectivity index (χ1n) is 9.57. The van der Waals surface area contributed by atoms with Gasteiger partial charge in [0.05, 0.1) is 6.54 Å². The molecule has 0 saturated carbocycles. The summed E-state index contributed by atoms with van der Waals surface area (Å²) in [6.07, 6.45) is -2.57. The van der Waals surface area contributed by atoms with Crippen LogP contribution in [0.5, 0.6) is 0 Å². The zero-order chi connectivity index (χ0) is 20.6. The number of amides is 1. The van der Waals surface area contributed by atoms with E-state index in [0.29, 0.717) is 6.61 Å². The predicted octanol–water partition coefficient (Wildman–Crippen LogP) is 2.52. The Morgan fingerprint density at radius 3 is 2.07 bits per heavy atom. The smallest absolute Gasteiger partial charge is 0.411 e. The second-order valence-electron chi connectivity index (χ2n) is 6.72. The number of rotatable bonds is 7. The van der Waals surface area contributed by atoms with Gasteiger partial charge in [0.1, 0.15) is 25.4 Å². The summed E-state index contributed by atoms with van der Waals surface area (Å²) in [7, 11) is 0. The summed E-state index contributed by atoms with van der Waals surface area (Å²) in [6, 6.07) is 17.2. The highest BCUT2D eigenvalue weighted by Gasteiger charge is 2.49. The zero-order valence-corrected chi connectivity index (χ0v) is 16.3. The second kappa shape index (κ2) is 10.0. The lowest BCUT2D eigenvalue weighted by molar-refractivity contribution is -0.153. The Labute approximate surface area is 169 Å². The lowest BCUT2D eigenvalue weighted by Gasteiger charge is -2.23. The molecular weight excluding hydrogens is 374 g/mol. The normalized spacial score (nSPS) is 21.0. The lowest BCUT2D eigenvalue weighted by Crippen LogP contribution is -2.46. The number of ether oxygens (including phenoxy) is 3. The lowest BCUT2D eigenvalue weighted by atomic mass is 10.1. The maximum Gasteiger partial charge on any atom is 0.411 e. The van der Waals surface area contributed by atoms with Crippen LogP contribution >= 0.6 is 0 Å². The molecule has 1 saturated heterocycles. The molecular formula is C22H25NO6. The van der Waals surface area contributed by atoms with E-state index in [1.165, 1.54) is 4.90 Å². The van der Waals surface area contributed by atoms with Gasteiger partial charge in [-0.05, 0) is 18.1 Å². The van der Waals surface area contributed by atoms with Gasteiger partial charge in [-0.1, -0.05) is 60.7 Å². The minimum Gasteiger partial charge on any atom is -0.459 e. The van der Waals surface area contributed by atoms with Crippen LogP contribution in [0, 0.1) is 0 Å². The third-order valence-electron chi connectivity index (χ3n) is 4.70. The summed E-state index contributed by atoms with van der Waals surface area (Å²) in [5, 5.41) is 10.6. The number of aliphatic hydroxyl groups excluding tert-OH is 1. The van der Waals surface area contributed by atoms with Crippen LogP contribution in [0.1, 0.15) is 18.1 Å². The maximum atomic E-state index is 12.7. The third-order valence-corrected chi connectivity index (χ3v) is 4.70. The van der Waals surface area contributed by atoms with Crippen molar-refractivity contribution in [2.75, 3.05) is 13.2 Å². The summed E-state index contributed by atoms with van der Waals surface area (Å²) in [4.78, 5) is 26.5. The van der Waals surface area contributed by atoms with E-state index < -0.39 is 30.3 Å². The van der Waals surface area contributed by atoms with E-state index in [1.54, 1.807) is 6.92 Å². The molecule has 29 heavy (non-hydrogen) atoms. The highest BCUT2D eigenvalue weighted by Crippen LogP contribution is 2.24. The van der Waals surface area contributed by atoms with Crippen molar-refractivity contribution in [3.8, 4) is 0 Å². The molecule has 0 aromatic heterocycles. The van der Waals surface area contributed by atoms with Crippen molar-refractivity contribution >= 4 is 12.1 Å². The monoisotopic (exact) mass is 399 g/mol. The summed E-state index contributed by atoms with van der Waals surface area (Å²) in [5.74, 6) is -0.694. The maximum absolute atomic E-state index is 12.7. The van der Waals surface area contributed by atoms with Crippen molar-refractivity contribution in [3.05, 3.63) is 71.8 Å². The van der Waals surface area contributed by atoms with Gasteiger partial charge in [0.15, 0.2) is 6.04 Å². The predicted molar refractivity (Wildman–Crippen MR) is 105 cm³/mol. The Bertz CT molecular complexity index is 797. The van der Waals surface area contributed by atoms with E-state index in [2.05, 4.69) is 0 Å². The molecule has 1 aliphatic heterocycles. The SMILES string of the molecule is CCO[C@@H]1CN(C(=O)OCc2ccccc2)[C@H](C(=O)OCc2ccccc2)[C@H]1O. The molecule has 0 unspecified atom stereocenters. The Balaban J connectivity index is 1.66. The van der Waals surface area contributed by atoms with Crippen LogP contribution < -0.4 is 0 Å². The number of likely N-dealkylation sites (tertiary alicyclic amines) is 1. The van der Waals surface area contributed by atoms with Gasteiger partial charge in [0.25, 0.3) is 0 Å². The van der Waals surface area contributed by atoms with Crippen LogP contribution in [0.2, 0.25) is 0 Å². The van der Waals surface area contributed by atoms with Crippen molar-refractivity contribution in [1.29, 1.82) is 0 Å². The molecule has 0 bridgehead atoms. The molecule has 2 aromatic carbocycles. The van der Waals surface area contributed by atoms with Crippen molar-refractivity contribution in [2.24, 2.45) is 0 Å². The van der Waals surface area contributed by atoms with Crippen molar-refractivity contribution in [2.45, 2.75) is 38.4 Å². The average Bonchev–Trinajstić information content (AvgIpc) is 3.08. The van der Waals surface area contributed by atoms with E-state index in [1.807, 2.05) is 60.7 Å². The summed E-state index contributed by atoms with van der Waals surface area (Å²) >= 11 is 0. The van der Waals surface area contributed by atoms with E-state index in [0.717, 1.165) is 11.1 Å². The van der Waals surface area contributed by atoms with Gasteiger partial charge in [-0.2, -0.15) is 0 Å². The quantitative estimate of drug-likeness (QED) is 0.720. The molecule has 2 aromatic rings. The Kier molecular flexibility index (Phi) is 7.21. The second-order valence-corrected chi connectivity index (χ2v) is 6.72. The number of nitrogens with zero attached hydrogens (tertiary/aromatic N) is 1. The van der Waals surface area contributed by atoms with Crippen molar-refractivity contribution in [1.82, 2.24) is 4.90 Å². The minimum atomic E-state index is -1.19. The number of carbonyl (C=O) groups excluding carboxylic acids is 2. The molecule has 0 radical (unpaired) electrons. The van der Waals surface area contributed by atoms with Gasteiger partial charge in [0, 0.05) is 6.61 Å². The first-order chi connectivity index (χ1) is 14.1. The summed E-state index contributed by atoms with van der Waals surface area (Å²) in [5.41, 5.74) is 1.64. The first-order valence-corrected chi connectivity index (χ1v) is 9.57. The number of hydrogen-bond acceptors (Lipinski definition) is 6. The largest absolute Gasteiger partial charge is 0.459 e. The average molecular weight is 399 g/mol. The van der Waals surface area contributed by atoms with Gasteiger partial charge in [-0.3, -0.25) is 4.90 Å². The standard InChI is InChI=1S/C22H25NO6/c1-2-27-18-13-23(22(26)29-15-17-11-7-4-8-12-17)19(20(18)24)21(25)28-14-16-9-5-3-6-10-16/h3-12,18-20,24H,2,13-15H2,1H3/t18-,19+,20+/m1/s1. The Morgan fingerprint density at radius 2 is 1.52 bits per heavy atom. The molecule has 7 heteroatoms. The number of esters is 1. The van der Waals surface area contributed by atoms with E-state index in [9.17, 15) is 14.7 Å². The van der Waals surface area contributed by atoms with Gasteiger partial charge in [0.2, 0.25) is 0 Å². The van der Waals surface area contributed by atoms with Crippen LogP contribution in [0.15, 0.2) is 60.7 Å². The summed E-state index contributed by atoms with van der Waals surface area (Å²) < 4.78 is 16.2. The van der Waals surface area contributed by atoms with Crippen molar-refractivity contribution < 1.29 is 28.9 Å². The fourth-order valence-electron chi connectivity index (χ4n) is 3.24. The first kappa shape index (κ1) is 20.8. The van der Waals surface area contributed by atoms with Crippen LogP contribution in [0.3, 0.4) is 0 Å². The molecule has 3 atom stereocenters. The topological polar surface area (TPSA) is 85.3 Å². The van der Waals surface area contributed by atoms with E-state index in [-0.39, 0.29) is 19.8 Å². The zero-order valence-electron chi connectivity index (χ0n) is 16.3. The Hall–Kier alpha value is -2.90. The number of benzene rings is 2. The molecule has 0 spiro atoms. The van der Waals surface area contributed by atoms with Crippen LogP contribution in [0.4, 0.5) is 4.79 Å². The van der Waals surface area contributed by atoms with Gasteiger partial charge >= 0.3 is 12.1 Å². The fraction of sp³-hybridized carbons (Fsp3) is 0.364. The Morgan fingerprint density at radius 1 is 0.966 bits per heavy atom. The minimum absolute atomic E-state index is 0.0493. The molecule has 1 aliphatic rings. The number of carbonyl (C=O) groups is 2. The van der Waals surface area contributed by atoms with Gasteiger partial charge in [-0.15, -0.1) is 0 Å². The molecule has 154 valence electrons. The van der Waals surface area contributed by atoms with E-state index in [4.69, 9.17) is 14.2 Å². The molecule has 1 heterocycles. The van der Waals surface area contributed by atoms with Gasteiger partial charge in [-0.25, -0.2) is 9.59 Å². The number of aliphatic hydroxyl groups is 1. The summed E-state index contributed by atoms with van der Waals surface area (Å²) in [6.45, 7) is 2.30. The third kappa shape index (κ3) is 5.34. The highest BCUT2D eigenvalue weighted by molar-refractivity contribution is 5.83. The molecule has 1 fully saturated rings. The molecule has 3 rings (SSSR count).